The Labute approximate surface area is 170 Å². The predicted molar refractivity (Wildman–Crippen MR) is 106 cm³/mol. The fourth-order valence-corrected chi connectivity index (χ4v) is 3.94. The van der Waals surface area contributed by atoms with Crippen molar-refractivity contribution in [1.82, 2.24) is 20.2 Å². The molecule has 1 aromatic carbocycles. The summed E-state index contributed by atoms with van der Waals surface area (Å²) in [5.74, 6) is 1.13. The van der Waals surface area contributed by atoms with Crippen LogP contribution in [-0.4, -0.2) is 76.1 Å². The largest absolute Gasteiger partial charge is 0.481 e. The van der Waals surface area contributed by atoms with E-state index in [4.69, 9.17) is 11.5 Å². The summed E-state index contributed by atoms with van der Waals surface area (Å²) in [6.07, 6.45) is 6.52. The van der Waals surface area contributed by atoms with E-state index in [9.17, 15) is 14.4 Å². The number of carbonyl (C=O) groups excluding carboxylic acids is 2. The highest BCUT2D eigenvalue weighted by atomic mass is 16.4. The van der Waals surface area contributed by atoms with Gasteiger partial charge in [0.2, 0.25) is 11.8 Å². The third-order valence-electron chi connectivity index (χ3n) is 5.26. The summed E-state index contributed by atoms with van der Waals surface area (Å²) < 4.78 is 0. The van der Waals surface area contributed by atoms with Crippen LogP contribution >= 0.6 is 0 Å². The molecular formula is C21H26N4O4. The number of aliphatic carboxylic acids is 1. The summed E-state index contributed by atoms with van der Waals surface area (Å²) in [7, 11) is 0. The molecule has 3 rings (SSSR count). The van der Waals surface area contributed by atoms with E-state index in [1.54, 1.807) is 9.91 Å². The van der Waals surface area contributed by atoms with Gasteiger partial charge in [-0.15, -0.1) is 6.42 Å². The van der Waals surface area contributed by atoms with Crippen LogP contribution in [-0.2, 0) is 20.8 Å². The molecule has 0 spiro atoms. The number of terminal acetylenes is 1. The number of benzene rings is 1. The lowest BCUT2D eigenvalue weighted by Gasteiger charge is -2.50. The first-order valence-corrected chi connectivity index (χ1v) is 9.80. The molecule has 0 unspecified atom stereocenters. The zero-order valence-electron chi connectivity index (χ0n) is 16.3. The molecule has 29 heavy (non-hydrogen) atoms. The third kappa shape index (κ3) is 5.13. The number of aryl methyl sites for hydroxylation is 1. The van der Waals surface area contributed by atoms with Crippen molar-refractivity contribution < 1.29 is 19.5 Å². The molecule has 0 bridgehead atoms. The van der Waals surface area contributed by atoms with Gasteiger partial charge in [-0.1, -0.05) is 36.3 Å². The molecule has 2 amide bonds. The molecule has 8 heteroatoms. The number of piperazine rings is 1. The lowest BCUT2D eigenvalue weighted by Crippen LogP contribution is -2.74. The fraction of sp³-hybridized carbons (Fsp3) is 0.476. The van der Waals surface area contributed by atoms with Crippen LogP contribution in [0.2, 0.25) is 0 Å². The fourth-order valence-electron chi connectivity index (χ4n) is 3.94. The number of hydrogen-bond acceptors (Lipinski definition) is 5. The summed E-state index contributed by atoms with van der Waals surface area (Å²) in [6.45, 7) is 1.24. The predicted octanol–water partition coefficient (Wildman–Crippen LogP) is 0.303. The van der Waals surface area contributed by atoms with E-state index < -0.39 is 18.2 Å². The Morgan fingerprint density at radius 1 is 1.28 bits per heavy atom. The Morgan fingerprint density at radius 3 is 2.72 bits per heavy atom. The minimum absolute atomic E-state index is 0.0611. The molecule has 1 aromatic rings. The summed E-state index contributed by atoms with van der Waals surface area (Å²) in [5, 5.41) is 10.7. The topological polar surface area (TPSA) is 93.2 Å². The Morgan fingerprint density at radius 2 is 2.03 bits per heavy atom. The van der Waals surface area contributed by atoms with E-state index in [0.29, 0.717) is 13.1 Å². The standard InChI is InChI=1S/C21H26N4O4/c1-2-12-24-15-19(26)25-17(10-11-20(27)28)21(29)23(14-18(25)22-24)13-6-9-16-7-4-3-5-8-16/h1,3-5,7-8,17-18,22H,6,9-15H2,(H,27,28)/t17-,18+/m0/s1. The van der Waals surface area contributed by atoms with Crippen LogP contribution in [0.5, 0.6) is 0 Å². The third-order valence-corrected chi connectivity index (χ3v) is 5.26. The molecule has 2 saturated heterocycles. The quantitative estimate of drug-likeness (QED) is 0.612. The average molecular weight is 398 g/mol. The van der Waals surface area contributed by atoms with Crippen LogP contribution in [0.25, 0.3) is 0 Å². The number of hydrogen-bond donors (Lipinski definition) is 2. The van der Waals surface area contributed by atoms with Gasteiger partial charge in [0, 0.05) is 13.0 Å². The molecule has 2 aliphatic heterocycles. The lowest BCUT2D eigenvalue weighted by molar-refractivity contribution is -0.168. The molecule has 8 nitrogen and oxygen atoms in total. The Balaban J connectivity index is 1.70. The van der Waals surface area contributed by atoms with Crippen LogP contribution in [0.4, 0.5) is 0 Å². The second-order valence-electron chi connectivity index (χ2n) is 7.33. The van der Waals surface area contributed by atoms with E-state index in [-0.39, 0.29) is 37.7 Å². The second-order valence-corrected chi connectivity index (χ2v) is 7.33. The van der Waals surface area contributed by atoms with Crippen LogP contribution in [0.15, 0.2) is 30.3 Å². The molecule has 0 aromatic heterocycles. The summed E-state index contributed by atoms with van der Waals surface area (Å²) in [4.78, 5) is 40.0. The van der Waals surface area contributed by atoms with Gasteiger partial charge in [0.25, 0.3) is 0 Å². The van der Waals surface area contributed by atoms with Gasteiger partial charge >= 0.3 is 5.97 Å². The van der Waals surface area contributed by atoms with E-state index in [0.717, 1.165) is 12.8 Å². The highest BCUT2D eigenvalue weighted by Gasteiger charge is 2.45. The molecule has 2 N–H and O–H groups in total. The Bertz CT molecular complexity index is 792. The molecule has 0 aliphatic carbocycles. The number of nitrogens with one attached hydrogen (secondary N) is 1. The van der Waals surface area contributed by atoms with Gasteiger partial charge in [0.05, 0.1) is 19.6 Å². The van der Waals surface area contributed by atoms with Gasteiger partial charge in [0.15, 0.2) is 0 Å². The van der Waals surface area contributed by atoms with Crippen LogP contribution < -0.4 is 5.43 Å². The Kier molecular flexibility index (Phi) is 6.86. The van der Waals surface area contributed by atoms with Gasteiger partial charge in [-0.3, -0.25) is 14.4 Å². The van der Waals surface area contributed by atoms with Crippen molar-refractivity contribution in [2.75, 3.05) is 26.2 Å². The molecule has 2 aliphatic rings. The average Bonchev–Trinajstić information content (AvgIpc) is 2.69. The summed E-state index contributed by atoms with van der Waals surface area (Å²) in [5.41, 5.74) is 4.42. The number of fused-ring (bicyclic) bond motifs is 1. The number of carboxylic acid groups (broad SMARTS) is 1. The maximum absolute atomic E-state index is 13.1. The molecular weight excluding hydrogens is 372 g/mol. The van der Waals surface area contributed by atoms with E-state index in [1.807, 2.05) is 18.2 Å². The molecule has 0 radical (unpaired) electrons. The molecule has 154 valence electrons. The SMILES string of the molecule is C#CCN1CC(=O)N2[C@H](CN(CCCc3ccccc3)C(=O)[C@@H]2CCC(=O)O)N1. The minimum atomic E-state index is -0.984. The monoisotopic (exact) mass is 398 g/mol. The highest BCUT2D eigenvalue weighted by Crippen LogP contribution is 2.23. The van der Waals surface area contributed by atoms with Crippen molar-refractivity contribution in [1.29, 1.82) is 0 Å². The maximum atomic E-state index is 13.1. The van der Waals surface area contributed by atoms with Crippen molar-refractivity contribution in [3.8, 4) is 12.3 Å². The first-order chi connectivity index (χ1) is 14.0. The zero-order valence-corrected chi connectivity index (χ0v) is 16.3. The second kappa shape index (κ2) is 9.54. The normalized spacial score (nSPS) is 22.3. The van der Waals surface area contributed by atoms with Gasteiger partial charge in [-0.2, -0.15) is 0 Å². The number of nitrogens with zero attached hydrogens (tertiary/aromatic N) is 3. The van der Waals surface area contributed by atoms with Crippen molar-refractivity contribution in [2.45, 2.75) is 37.9 Å². The van der Waals surface area contributed by atoms with Gasteiger partial charge in [-0.05, 0) is 24.8 Å². The molecule has 2 atom stereocenters. The van der Waals surface area contributed by atoms with Crippen molar-refractivity contribution in [3.05, 3.63) is 35.9 Å². The Hall–Kier alpha value is -2.89. The first-order valence-electron chi connectivity index (χ1n) is 9.80. The summed E-state index contributed by atoms with van der Waals surface area (Å²) >= 11 is 0. The zero-order chi connectivity index (χ0) is 20.8. The number of carbonyl (C=O) groups is 3. The van der Waals surface area contributed by atoms with Gasteiger partial charge in [-0.25, -0.2) is 10.4 Å². The molecule has 2 fully saturated rings. The van der Waals surface area contributed by atoms with Crippen molar-refractivity contribution in [2.24, 2.45) is 0 Å². The van der Waals surface area contributed by atoms with Crippen molar-refractivity contribution in [3.63, 3.8) is 0 Å². The van der Waals surface area contributed by atoms with E-state index >= 15 is 0 Å². The lowest BCUT2D eigenvalue weighted by atomic mass is 10.0. The smallest absolute Gasteiger partial charge is 0.303 e. The maximum Gasteiger partial charge on any atom is 0.303 e. The van der Waals surface area contributed by atoms with Crippen LogP contribution in [0.1, 0.15) is 24.8 Å². The first kappa shape index (κ1) is 20.8. The number of rotatable bonds is 8. The number of amides is 2. The molecule has 2 heterocycles. The van der Waals surface area contributed by atoms with Crippen molar-refractivity contribution >= 4 is 17.8 Å². The van der Waals surface area contributed by atoms with Crippen LogP contribution in [0, 0.1) is 12.3 Å². The van der Waals surface area contributed by atoms with E-state index in [2.05, 4.69) is 23.5 Å². The van der Waals surface area contributed by atoms with Crippen LogP contribution in [0.3, 0.4) is 0 Å². The van der Waals surface area contributed by atoms with Gasteiger partial charge in [0.1, 0.15) is 12.2 Å². The molecule has 0 saturated carbocycles. The number of carboxylic acids is 1. The highest BCUT2D eigenvalue weighted by molar-refractivity contribution is 5.90. The van der Waals surface area contributed by atoms with Gasteiger partial charge < -0.3 is 14.9 Å². The summed E-state index contributed by atoms with van der Waals surface area (Å²) in [6, 6.07) is 9.27. The minimum Gasteiger partial charge on any atom is -0.481 e. The number of hydrazine groups is 1. The van der Waals surface area contributed by atoms with E-state index in [1.165, 1.54) is 10.5 Å².